The number of aryl methyl sites for hydroxylation is 1. The predicted molar refractivity (Wildman–Crippen MR) is 191 cm³/mol. The number of benzene rings is 3. The van der Waals surface area contributed by atoms with Crippen molar-refractivity contribution in [3.8, 4) is 5.75 Å². The highest BCUT2D eigenvalue weighted by Gasteiger charge is 2.70. The average molecular weight is 756 g/mol. The number of amides is 4. The van der Waals surface area contributed by atoms with E-state index in [9.17, 15) is 32.7 Å². The molecule has 54 heavy (non-hydrogen) atoms. The molecule has 4 aliphatic rings. The maximum Gasteiger partial charge on any atom is 0.433 e. The van der Waals surface area contributed by atoms with Crippen molar-refractivity contribution in [1.29, 1.82) is 0 Å². The number of aromatic nitrogens is 1. The van der Waals surface area contributed by atoms with Gasteiger partial charge in [0.2, 0.25) is 0 Å². The molecule has 3 fully saturated rings. The van der Waals surface area contributed by atoms with Crippen LogP contribution in [-0.4, -0.2) is 50.8 Å². The molecule has 2 aliphatic carbocycles. The number of rotatable bonds is 6. The second-order valence-electron chi connectivity index (χ2n) is 14.2. The van der Waals surface area contributed by atoms with Crippen molar-refractivity contribution in [3.05, 3.63) is 130 Å². The van der Waals surface area contributed by atoms with Crippen LogP contribution in [0.5, 0.6) is 5.75 Å². The monoisotopic (exact) mass is 755 g/mol. The second-order valence-corrected chi connectivity index (χ2v) is 14.6. The van der Waals surface area contributed by atoms with E-state index >= 15 is 4.79 Å². The predicted octanol–water partition coefficient (Wildman–Crippen LogP) is 6.80. The summed E-state index contributed by atoms with van der Waals surface area (Å²) < 4.78 is 41.0. The van der Waals surface area contributed by atoms with Crippen LogP contribution in [-0.2, 0) is 30.8 Å². The number of imide groups is 2. The van der Waals surface area contributed by atoms with Gasteiger partial charge in [-0.25, -0.2) is 4.98 Å². The van der Waals surface area contributed by atoms with Gasteiger partial charge in [0.1, 0.15) is 11.4 Å². The summed E-state index contributed by atoms with van der Waals surface area (Å²) in [6.45, 7) is 1.91. The number of nitrogens with zero attached hydrogens (tertiary/aromatic N) is 4. The Bertz CT molecular complexity index is 2250. The fourth-order valence-electron chi connectivity index (χ4n) is 9.02. The minimum absolute atomic E-state index is 0.00694. The van der Waals surface area contributed by atoms with Crippen LogP contribution in [0.3, 0.4) is 0 Å². The summed E-state index contributed by atoms with van der Waals surface area (Å²) >= 11 is 6.29. The molecule has 3 aromatic carbocycles. The van der Waals surface area contributed by atoms with Crippen LogP contribution >= 0.6 is 11.6 Å². The first-order chi connectivity index (χ1) is 25.7. The first-order valence-corrected chi connectivity index (χ1v) is 17.7. The fourth-order valence-corrected chi connectivity index (χ4v) is 9.24. The number of anilines is 2. The molecule has 2 N–H and O–H groups in total. The van der Waals surface area contributed by atoms with Crippen LogP contribution in [0.1, 0.15) is 41.1 Å². The highest BCUT2D eigenvalue weighted by molar-refractivity contribution is 6.33. The van der Waals surface area contributed by atoms with Crippen LogP contribution in [0, 0.1) is 30.6 Å². The summed E-state index contributed by atoms with van der Waals surface area (Å²) in [4.78, 5) is 62.3. The Morgan fingerprint density at radius 1 is 0.907 bits per heavy atom. The summed E-state index contributed by atoms with van der Waals surface area (Å²) in [7, 11) is 1.25. The van der Waals surface area contributed by atoms with Crippen LogP contribution in [0.4, 0.5) is 24.7 Å². The Hall–Kier alpha value is -5.69. The van der Waals surface area contributed by atoms with Gasteiger partial charge in [-0.3, -0.25) is 29.6 Å². The van der Waals surface area contributed by atoms with Gasteiger partial charge in [-0.05, 0) is 73.2 Å². The molecule has 1 aromatic heterocycles. The number of carbonyl (C=O) groups excluding carboxylic acids is 4. The number of fused-ring (bicyclic) bond motifs is 4. The van der Waals surface area contributed by atoms with Crippen molar-refractivity contribution in [2.45, 2.75) is 37.3 Å². The molecule has 0 radical (unpaired) electrons. The molecular weight excluding hydrogens is 723 g/mol. The average Bonchev–Trinajstić information content (AvgIpc) is 3.53. The third kappa shape index (κ3) is 5.27. The molecule has 276 valence electrons. The third-order valence-electron chi connectivity index (χ3n) is 11.3. The lowest BCUT2D eigenvalue weighted by atomic mass is 9.49. The zero-order valence-corrected chi connectivity index (χ0v) is 29.7. The van der Waals surface area contributed by atoms with E-state index < -0.39 is 76.3 Å². The van der Waals surface area contributed by atoms with Crippen molar-refractivity contribution in [2.24, 2.45) is 23.7 Å². The first-order valence-electron chi connectivity index (χ1n) is 17.3. The molecular formula is C40H33ClF3N5O5. The Morgan fingerprint density at radius 3 is 2.31 bits per heavy atom. The number of phenols is 1. The van der Waals surface area contributed by atoms with Crippen LogP contribution < -0.4 is 10.4 Å². The van der Waals surface area contributed by atoms with E-state index in [2.05, 4.69) is 10.4 Å². The van der Waals surface area contributed by atoms with Crippen LogP contribution in [0.25, 0.3) is 0 Å². The third-order valence-corrected chi connectivity index (χ3v) is 11.6. The molecule has 6 atom stereocenters. The Balaban J connectivity index is 1.26. The number of nitrogens with one attached hydrogen (secondary N) is 1. The summed E-state index contributed by atoms with van der Waals surface area (Å²) in [5.74, 6) is -7.47. The molecule has 3 heterocycles. The number of phenolic OH excluding ortho intramolecular Hbond substituents is 1. The number of halogens is 4. The van der Waals surface area contributed by atoms with E-state index in [0.29, 0.717) is 28.5 Å². The van der Waals surface area contributed by atoms with Gasteiger partial charge in [-0.15, -0.1) is 0 Å². The number of aromatic hydroxyl groups is 1. The lowest BCUT2D eigenvalue weighted by molar-refractivity contribution is -0.142. The lowest BCUT2D eigenvalue weighted by Gasteiger charge is -2.50. The van der Waals surface area contributed by atoms with Crippen molar-refractivity contribution in [3.63, 3.8) is 0 Å². The summed E-state index contributed by atoms with van der Waals surface area (Å²) in [5.41, 5.74) is 3.49. The molecule has 0 bridgehead atoms. The fraction of sp³-hybridized carbons (Fsp3) is 0.275. The molecule has 8 rings (SSSR count). The van der Waals surface area contributed by atoms with Crippen molar-refractivity contribution >= 4 is 46.7 Å². The minimum Gasteiger partial charge on any atom is -0.508 e. The van der Waals surface area contributed by atoms with Crippen molar-refractivity contribution < 1.29 is 37.5 Å². The number of hydrazine groups is 2. The van der Waals surface area contributed by atoms with E-state index in [-0.39, 0.29) is 23.6 Å². The molecule has 0 spiro atoms. The maximum atomic E-state index is 15.2. The molecule has 2 aliphatic heterocycles. The van der Waals surface area contributed by atoms with Crippen LogP contribution in [0.15, 0.2) is 103 Å². The normalized spacial score (nSPS) is 26.3. The highest BCUT2D eigenvalue weighted by Crippen LogP contribution is 2.64. The molecule has 4 amide bonds. The molecule has 2 saturated heterocycles. The summed E-state index contributed by atoms with van der Waals surface area (Å²) in [6.07, 6.45) is -2.88. The first kappa shape index (κ1) is 35.3. The Morgan fingerprint density at radius 2 is 1.63 bits per heavy atom. The molecule has 6 unspecified atom stereocenters. The molecule has 1 saturated carbocycles. The van der Waals surface area contributed by atoms with Crippen LogP contribution in [0.2, 0.25) is 5.02 Å². The van der Waals surface area contributed by atoms with E-state index in [1.807, 2.05) is 25.1 Å². The summed E-state index contributed by atoms with van der Waals surface area (Å²) in [5, 5.41) is 13.3. The largest absolute Gasteiger partial charge is 0.508 e. The van der Waals surface area contributed by atoms with Crippen molar-refractivity contribution in [2.75, 3.05) is 17.5 Å². The van der Waals surface area contributed by atoms with E-state index in [0.717, 1.165) is 26.7 Å². The number of hydrogen-bond acceptors (Lipinski definition) is 8. The number of carbonyl (C=O) groups is 4. The zero-order chi connectivity index (χ0) is 38.3. The van der Waals surface area contributed by atoms with E-state index in [1.54, 1.807) is 60.7 Å². The molecule has 4 aromatic rings. The number of pyridine rings is 1. The van der Waals surface area contributed by atoms with E-state index in [4.69, 9.17) is 11.6 Å². The number of alkyl halides is 3. The van der Waals surface area contributed by atoms with Gasteiger partial charge in [0.15, 0.2) is 5.82 Å². The van der Waals surface area contributed by atoms with Gasteiger partial charge < -0.3 is 5.11 Å². The SMILES string of the molecule is Cc1ccc(NN2C(=O)C3CC4C(=CCC5C(=O)N(N(C)c6nc(C(F)(F)F)ccc6Cl)C(=O)C54)C(c4cccc(O)c4)C3(c3ccccc3)C2=O)cc1. The van der Waals surface area contributed by atoms with E-state index in [1.165, 1.54) is 13.1 Å². The van der Waals surface area contributed by atoms with Gasteiger partial charge in [0.25, 0.3) is 23.6 Å². The van der Waals surface area contributed by atoms with Gasteiger partial charge >= 0.3 is 6.18 Å². The topological polar surface area (TPSA) is 123 Å². The molecule has 10 nitrogen and oxygen atoms in total. The minimum atomic E-state index is -4.81. The number of hydrogen-bond donors (Lipinski definition) is 2. The van der Waals surface area contributed by atoms with Gasteiger partial charge in [0.05, 0.1) is 33.9 Å². The maximum absolute atomic E-state index is 15.2. The highest BCUT2D eigenvalue weighted by atomic mass is 35.5. The standard InChI is InChI=1S/C40H33ClF3N5O5/c1-21-11-13-24(14-12-21)46-48-36(52)29-20-28-26(33(22-7-6-10-25(50)19-22)39(29,38(48)54)23-8-4-3-5-9-23)15-16-27-32(28)37(53)49(35(27)51)47(2)34-30(41)17-18-31(45-34)40(42,43)44/h3-15,17-19,27-29,32-33,46,50H,16,20H2,1-2H3. The van der Waals surface area contributed by atoms with Gasteiger partial charge in [0, 0.05) is 13.0 Å². The van der Waals surface area contributed by atoms with Gasteiger partial charge in [-0.2, -0.15) is 23.2 Å². The zero-order valence-electron chi connectivity index (χ0n) is 28.9. The lowest BCUT2D eigenvalue weighted by Crippen LogP contribution is -2.53. The quantitative estimate of drug-likeness (QED) is 0.163. The van der Waals surface area contributed by atoms with Crippen molar-refractivity contribution in [1.82, 2.24) is 15.0 Å². The summed E-state index contributed by atoms with van der Waals surface area (Å²) in [6, 6.07) is 24.3. The molecule has 14 heteroatoms. The Kier molecular flexibility index (Phi) is 8.33. The van der Waals surface area contributed by atoms with Gasteiger partial charge in [-0.1, -0.05) is 83.4 Å². The second kappa shape index (κ2) is 12.7. The number of allylic oxidation sites excluding steroid dienone is 2. The Labute approximate surface area is 312 Å². The smallest absolute Gasteiger partial charge is 0.433 e.